The van der Waals surface area contributed by atoms with E-state index in [1.165, 1.54) is 4.88 Å². The standard InChI is InChI=1S/C12H13N3S2/c1-15(8-10-3-2-6-17-10)9-4-5-11(12(13)16)14-7-9/h2-7H,8H2,1H3,(H2,13,16). The molecule has 2 aromatic heterocycles. The van der Waals surface area contributed by atoms with E-state index in [-0.39, 0.29) is 0 Å². The van der Waals surface area contributed by atoms with Gasteiger partial charge in [-0.2, -0.15) is 0 Å². The Morgan fingerprint density at radius 2 is 2.29 bits per heavy atom. The average Bonchev–Trinajstić information content (AvgIpc) is 2.82. The molecule has 2 heterocycles. The van der Waals surface area contributed by atoms with Crippen LogP contribution < -0.4 is 10.6 Å². The molecule has 2 rings (SSSR count). The minimum atomic E-state index is 0.331. The Morgan fingerprint density at radius 1 is 1.47 bits per heavy atom. The summed E-state index contributed by atoms with van der Waals surface area (Å²) in [5, 5.41) is 2.08. The lowest BCUT2D eigenvalue weighted by molar-refractivity contribution is 0.934. The van der Waals surface area contributed by atoms with Crippen molar-refractivity contribution in [2.75, 3.05) is 11.9 Å². The third-order valence-electron chi connectivity index (χ3n) is 2.41. The van der Waals surface area contributed by atoms with Crippen molar-refractivity contribution in [2.24, 2.45) is 5.73 Å². The highest BCUT2D eigenvalue weighted by atomic mass is 32.1. The molecule has 0 aromatic carbocycles. The van der Waals surface area contributed by atoms with Crippen molar-refractivity contribution < 1.29 is 0 Å². The van der Waals surface area contributed by atoms with Gasteiger partial charge in [-0.1, -0.05) is 18.3 Å². The Hall–Kier alpha value is -1.46. The first-order valence-electron chi connectivity index (χ1n) is 5.16. The van der Waals surface area contributed by atoms with Crippen molar-refractivity contribution in [3.63, 3.8) is 0 Å². The van der Waals surface area contributed by atoms with Crippen LogP contribution in [0, 0.1) is 0 Å². The SMILES string of the molecule is CN(Cc1cccs1)c1ccc(C(N)=S)nc1. The molecule has 2 N–H and O–H groups in total. The van der Waals surface area contributed by atoms with E-state index in [0.29, 0.717) is 10.7 Å². The van der Waals surface area contributed by atoms with Crippen molar-refractivity contribution >= 4 is 34.2 Å². The molecule has 17 heavy (non-hydrogen) atoms. The maximum absolute atomic E-state index is 5.51. The average molecular weight is 263 g/mol. The number of hydrogen-bond acceptors (Lipinski definition) is 4. The lowest BCUT2D eigenvalue weighted by atomic mass is 10.3. The minimum absolute atomic E-state index is 0.331. The van der Waals surface area contributed by atoms with Crippen LogP contribution in [-0.2, 0) is 6.54 Å². The first kappa shape index (κ1) is 12.0. The van der Waals surface area contributed by atoms with E-state index < -0.39 is 0 Å². The lowest BCUT2D eigenvalue weighted by Crippen LogP contribution is -2.17. The Balaban J connectivity index is 2.09. The Kier molecular flexibility index (Phi) is 3.71. The van der Waals surface area contributed by atoms with Crippen molar-refractivity contribution in [1.29, 1.82) is 0 Å². The van der Waals surface area contributed by atoms with Crippen molar-refractivity contribution in [3.8, 4) is 0 Å². The predicted molar refractivity (Wildman–Crippen MR) is 76.6 cm³/mol. The molecule has 0 aliphatic heterocycles. The molecule has 0 aliphatic carbocycles. The fraction of sp³-hybridized carbons (Fsp3) is 0.167. The summed E-state index contributed by atoms with van der Waals surface area (Å²) >= 11 is 6.62. The van der Waals surface area contributed by atoms with Gasteiger partial charge in [-0.3, -0.25) is 4.98 Å². The number of hydrogen-bond donors (Lipinski definition) is 1. The first-order chi connectivity index (χ1) is 8.16. The summed E-state index contributed by atoms with van der Waals surface area (Å²) in [6.07, 6.45) is 1.79. The largest absolute Gasteiger partial charge is 0.388 e. The predicted octanol–water partition coefficient (Wildman–Crippen LogP) is 2.41. The molecular weight excluding hydrogens is 250 g/mol. The van der Waals surface area contributed by atoms with Crippen molar-refractivity contribution in [3.05, 3.63) is 46.4 Å². The van der Waals surface area contributed by atoms with Crippen LogP contribution in [0.25, 0.3) is 0 Å². The maximum Gasteiger partial charge on any atom is 0.122 e. The minimum Gasteiger partial charge on any atom is -0.388 e. The van der Waals surface area contributed by atoms with Gasteiger partial charge in [-0.15, -0.1) is 11.3 Å². The van der Waals surface area contributed by atoms with Gasteiger partial charge in [0.15, 0.2) is 0 Å². The molecule has 0 saturated heterocycles. The van der Waals surface area contributed by atoms with E-state index in [2.05, 4.69) is 27.4 Å². The smallest absolute Gasteiger partial charge is 0.122 e. The number of nitrogens with zero attached hydrogens (tertiary/aromatic N) is 2. The third-order valence-corrected chi connectivity index (χ3v) is 3.48. The summed E-state index contributed by atoms with van der Waals surface area (Å²) in [6.45, 7) is 0.881. The van der Waals surface area contributed by atoms with Gasteiger partial charge in [-0.25, -0.2) is 0 Å². The summed E-state index contributed by atoms with van der Waals surface area (Å²) in [4.78, 5) is 8.02. The number of pyridine rings is 1. The second-order valence-corrected chi connectivity index (χ2v) is 5.17. The summed E-state index contributed by atoms with van der Waals surface area (Å²) in [7, 11) is 2.04. The van der Waals surface area contributed by atoms with E-state index in [4.69, 9.17) is 18.0 Å². The van der Waals surface area contributed by atoms with Gasteiger partial charge in [0.05, 0.1) is 24.1 Å². The summed E-state index contributed by atoms with van der Waals surface area (Å²) in [5.74, 6) is 0. The van der Waals surface area contributed by atoms with Gasteiger partial charge >= 0.3 is 0 Å². The highest BCUT2D eigenvalue weighted by Gasteiger charge is 2.04. The van der Waals surface area contributed by atoms with E-state index in [1.54, 1.807) is 17.5 Å². The zero-order chi connectivity index (χ0) is 12.3. The van der Waals surface area contributed by atoms with Gasteiger partial charge in [0, 0.05) is 11.9 Å². The van der Waals surface area contributed by atoms with E-state index in [9.17, 15) is 0 Å². The maximum atomic E-state index is 5.51. The Bertz CT molecular complexity index is 491. The summed E-state index contributed by atoms with van der Waals surface area (Å²) < 4.78 is 0. The van der Waals surface area contributed by atoms with E-state index >= 15 is 0 Å². The van der Waals surface area contributed by atoms with Crippen LogP contribution in [-0.4, -0.2) is 17.0 Å². The number of anilines is 1. The highest BCUT2D eigenvalue weighted by Crippen LogP contribution is 2.17. The number of aromatic nitrogens is 1. The van der Waals surface area contributed by atoms with Crippen LogP contribution in [0.4, 0.5) is 5.69 Å². The van der Waals surface area contributed by atoms with Crippen LogP contribution in [0.2, 0.25) is 0 Å². The number of nitrogens with two attached hydrogens (primary N) is 1. The Morgan fingerprint density at radius 3 is 2.82 bits per heavy atom. The van der Waals surface area contributed by atoms with Crippen LogP contribution in [0.5, 0.6) is 0 Å². The molecule has 3 nitrogen and oxygen atoms in total. The zero-order valence-electron chi connectivity index (χ0n) is 9.46. The molecule has 0 fully saturated rings. The number of thiocarbonyl (C=S) groups is 1. The normalized spacial score (nSPS) is 10.2. The van der Waals surface area contributed by atoms with Gasteiger partial charge in [0.25, 0.3) is 0 Å². The van der Waals surface area contributed by atoms with Gasteiger partial charge < -0.3 is 10.6 Å². The zero-order valence-corrected chi connectivity index (χ0v) is 11.1. The second kappa shape index (κ2) is 5.25. The van der Waals surface area contributed by atoms with E-state index in [1.807, 2.05) is 19.2 Å². The monoisotopic (exact) mass is 263 g/mol. The van der Waals surface area contributed by atoms with Crippen LogP contribution in [0.15, 0.2) is 35.8 Å². The molecule has 0 unspecified atom stereocenters. The second-order valence-electron chi connectivity index (χ2n) is 3.70. The quantitative estimate of drug-likeness (QED) is 0.860. The van der Waals surface area contributed by atoms with Crippen LogP contribution in [0.3, 0.4) is 0 Å². The Labute approximate surface area is 110 Å². The highest BCUT2D eigenvalue weighted by molar-refractivity contribution is 7.80. The molecule has 0 bridgehead atoms. The summed E-state index contributed by atoms with van der Waals surface area (Å²) in [6, 6.07) is 8.01. The van der Waals surface area contributed by atoms with Crippen molar-refractivity contribution in [2.45, 2.75) is 6.54 Å². The van der Waals surface area contributed by atoms with Gasteiger partial charge in [0.2, 0.25) is 0 Å². The molecule has 0 spiro atoms. The molecular formula is C12H13N3S2. The molecule has 0 radical (unpaired) electrons. The summed E-state index contributed by atoms with van der Waals surface area (Å²) in [5.41, 5.74) is 7.22. The molecule has 5 heteroatoms. The van der Waals surface area contributed by atoms with Gasteiger partial charge in [0.1, 0.15) is 4.99 Å². The fourth-order valence-corrected chi connectivity index (χ4v) is 2.36. The van der Waals surface area contributed by atoms with Crippen LogP contribution in [0.1, 0.15) is 10.6 Å². The molecule has 2 aromatic rings. The third kappa shape index (κ3) is 3.01. The molecule has 0 atom stereocenters. The fourth-order valence-electron chi connectivity index (χ4n) is 1.49. The van der Waals surface area contributed by atoms with E-state index in [0.717, 1.165) is 12.2 Å². The molecule has 88 valence electrons. The first-order valence-corrected chi connectivity index (χ1v) is 6.45. The molecule has 0 saturated carbocycles. The number of rotatable bonds is 4. The van der Waals surface area contributed by atoms with Crippen molar-refractivity contribution in [1.82, 2.24) is 4.98 Å². The lowest BCUT2D eigenvalue weighted by Gasteiger charge is -2.18. The van der Waals surface area contributed by atoms with Gasteiger partial charge in [-0.05, 0) is 23.6 Å². The topological polar surface area (TPSA) is 42.1 Å². The van der Waals surface area contributed by atoms with Crippen LogP contribution >= 0.6 is 23.6 Å². The molecule has 0 aliphatic rings. The number of thiophene rings is 1. The molecule has 0 amide bonds.